The lowest BCUT2D eigenvalue weighted by Crippen LogP contribution is -2.53. The van der Waals surface area contributed by atoms with E-state index in [4.69, 9.17) is 0 Å². The topological polar surface area (TPSA) is 117 Å². The zero-order valence-corrected chi connectivity index (χ0v) is 23.0. The highest BCUT2D eigenvalue weighted by Crippen LogP contribution is 2.28. The van der Waals surface area contributed by atoms with Crippen LogP contribution in [0.2, 0.25) is 0 Å². The second-order valence-electron chi connectivity index (χ2n) is 9.75. The molecule has 1 aliphatic carbocycles. The van der Waals surface area contributed by atoms with Gasteiger partial charge in [-0.1, -0.05) is 52.7 Å². The number of aromatic nitrogens is 1. The second kappa shape index (κ2) is 12.8. The minimum atomic E-state index is -3.65. The first-order valence-electron chi connectivity index (χ1n) is 12.7. The molecule has 0 spiro atoms. The van der Waals surface area contributed by atoms with Crippen molar-refractivity contribution in [2.24, 2.45) is 5.92 Å². The van der Waals surface area contributed by atoms with E-state index in [1.54, 1.807) is 6.92 Å². The lowest BCUT2D eigenvalue weighted by atomic mass is 9.84. The summed E-state index contributed by atoms with van der Waals surface area (Å²) in [6.07, 6.45) is 5.54. The lowest BCUT2D eigenvalue weighted by Gasteiger charge is -2.31. The van der Waals surface area contributed by atoms with E-state index in [9.17, 15) is 18.0 Å². The van der Waals surface area contributed by atoms with Crippen molar-refractivity contribution in [3.63, 3.8) is 0 Å². The fourth-order valence-electron chi connectivity index (χ4n) is 4.55. The monoisotopic (exact) mass is 534 g/mol. The number of nitrogens with zero attached hydrogens (tertiary/aromatic N) is 1. The van der Waals surface area contributed by atoms with Crippen molar-refractivity contribution < 1.29 is 18.0 Å². The molecule has 1 aromatic carbocycles. The number of carbonyl (C=O) groups excluding carboxylic acids is 2. The Bertz CT molecular complexity index is 1170. The van der Waals surface area contributed by atoms with Crippen molar-refractivity contribution in [1.29, 1.82) is 0 Å². The van der Waals surface area contributed by atoms with E-state index >= 15 is 0 Å². The molecular formula is C26H38N4O4S2. The molecule has 8 nitrogen and oxygen atoms in total. The van der Waals surface area contributed by atoms with Gasteiger partial charge in [0.1, 0.15) is 6.04 Å². The fraction of sp³-hybridized carbons (Fsp3) is 0.577. The zero-order valence-electron chi connectivity index (χ0n) is 21.4. The average molecular weight is 535 g/mol. The second-order valence-corrected chi connectivity index (χ2v) is 12.5. The standard InChI is InChI=1S/C26H38N4O4S2/c1-5-24(31)28-21(15-25-29-20-13-12-19(17(3)4)14-23(20)35-25)26(32)27-16-22(30-36(33,34)6-2)18-10-8-7-9-11-18/h6,12-14,17-18,21-22,30H,2,5,7-11,15-16H2,1,3-4H3,(H,27,32)(H,28,31)/t21-,22+/m0/s1. The number of sulfonamides is 1. The predicted octanol–water partition coefficient (Wildman–Crippen LogP) is 3.99. The summed E-state index contributed by atoms with van der Waals surface area (Å²) in [5.74, 6) is -0.0399. The largest absolute Gasteiger partial charge is 0.353 e. The Balaban J connectivity index is 1.75. The molecule has 0 unspecified atom stereocenters. The highest BCUT2D eigenvalue weighted by molar-refractivity contribution is 7.92. The van der Waals surface area contributed by atoms with Crippen LogP contribution in [-0.2, 0) is 26.0 Å². The van der Waals surface area contributed by atoms with Crippen LogP contribution < -0.4 is 15.4 Å². The van der Waals surface area contributed by atoms with Crippen molar-refractivity contribution >= 4 is 43.4 Å². The molecule has 1 heterocycles. The molecule has 1 saturated carbocycles. The van der Waals surface area contributed by atoms with Gasteiger partial charge in [0.15, 0.2) is 0 Å². The number of benzene rings is 1. The first-order valence-corrected chi connectivity index (χ1v) is 15.1. The molecule has 36 heavy (non-hydrogen) atoms. The van der Waals surface area contributed by atoms with Crippen LogP contribution in [0.25, 0.3) is 10.2 Å². The minimum absolute atomic E-state index is 0.136. The maximum absolute atomic E-state index is 13.2. The summed E-state index contributed by atoms with van der Waals surface area (Å²) >= 11 is 1.52. The SMILES string of the molecule is C=CS(=O)(=O)N[C@H](CNC(=O)[C@H](Cc1nc2ccc(C(C)C)cc2s1)NC(=O)CC)C1CCCCC1. The van der Waals surface area contributed by atoms with Gasteiger partial charge < -0.3 is 10.6 Å². The van der Waals surface area contributed by atoms with Gasteiger partial charge in [0.05, 0.1) is 15.2 Å². The van der Waals surface area contributed by atoms with Crippen molar-refractivity contribution in [1.82, 2.24) is 20.3 Å². The molecular weight excluding hydrogens is 496 g/mol. The van der Waals surface area contributed by atoms with Gasteiger partial charge in [0, 0.05) is 30.8 Å². The van der Waals surface area contributed by atoms with E-state index in [0.717, 1.165) is 52.7 Å². The van der Waals surface area contributed by atoms with Crippen molar-refractivity contribution in [2.45, 2.75) is 83.7 Å². The van der Waals surface area contributed by atoms with Crippen LogP contribution in [0.3, 0.4) is 0 Å². The number of hydrogen-bond acceptors (Lipinski definition) is 6. The smallest absolute Gasteiger partial charge is 0.243 e. The van der Waals surface area contributed by atoms with Gasteiger partial charge in [0.25, 0.3) is 0 Å². The summed E-state index contributed by atoms with van der Waals surface area (Å²) < 4.78 is 28.1. The quantitative estimate of drug-likeness (QED) is 0.381. The van der Waals surface area contributed by atoms with Crippen molar-refractivity contribution in [2.75, 3.05) is 6.54 Å². The van der Waals surface area contributed by atoms with Crippen LogP contribution in [0.15, 0.2) is 30.2 Å². The molecule has 1 fully saturated rings. The van der Waals surface area contributed by atoms with Crippen LogP contribution in [0, 0.1) is 5.92 Å². The predicted molar refractivity (Wildman–Crippen MR) is 145 cm³/mol. The molecule has 0 radical (unpaired) electrons. The van der Waals surface area contributed by atoms with Gasteiger partial charge in [0.2, 0.25) is 21.8 Å². The number of thiazole rings is 1. The molecule has 0 saturated heterocycles. The summed E-state index contributed by atoms with van der Waals surface area (Å²) in [5, 5.41) is 7.37. The van der Waals surface area contributed by atoms with Gasteiger partial charge in [-0.15, -0.1) is 11.3 Å². The van der Waals surface area contributed by atoms with E-state index in [1.807, 2.05) is 6.07 Å². The third kappa shape index (κ3) is 7.85. The summed E-state index contributed by atoms with van der Waals surface area (Å²) in [4.78, 5) is 30.1. The van der Waals surface area contributed by atoms with Gasteiger partial charge in [-0.2, -0.15) is 0 Å². The number of amides is 2. The Morgan fingerprint density at radius 2 is 1.94 bits per heavy atom. The molecule has 1 aromatic heterocycles. The summed E-state index contributed by atoms with van der Waals surface area (Å²) in [5.41, 5.74) is 2.10. The Hall–Kier alpha value is -2.30. The van der Waals surface area contributed by atoms with E-state index in [1.165, 1.54) is 16.9 Å². The third-order valence-electron chi connectivity index (χ3n) is 6.73. The van der Waals surface area contributed by atoms with Crippen LogP contribution in [-0.4, -0.2) is 43.8 Å². The highest BCUT2D eigenvalue weighted by atomic mass is 32.2. The zero-order chi connectivity index (χ0) is 26.3. The molecule has 0 bridgehead atoms. The molecule has 2 atom stereocenters. The van der Waals surface area contributed by atoms with Gasteiger partial charge in [-0.25, -0.2) is 18.1 Å². The van der Waals surface area contributed by atoms with Crippen LogP contribution in [0.1, 0.15) is 75.8 Å². The first kappa shape index (κ1) is 28.3. The minimum Gasteiger partial charge on any atom is -0.353 e. The van der Waals surface area contributed by atoms with E-state index in [2.05, 4.69) is 52.9 Å². The first-order chi connectivity index (χ1) is 17.1. The lowest BCUT2D eigenvalue weighted by molar-refractivity contribution is -0.128. The molecule has 10 heteroatoms. The number of hydrogen-bond donors (Lipinski definition) is 3. The van der Waals surface area contributed by atoms with Crippen LogP contribution >= 0.6 is 11.3 Å². The molecule has 2 amide bonds. The normalized spacial score (nSPS) is 16.6. The van der Waals surface area contributed by atoms with E-state index in [0.29, 0.717) is 5.92 Å². The Kier molecular flexibility index (Phi) is 10.0. The van der Waals surface area contributed by atoms with E-state index < -0.39 is 22.1 Å². The maximum atomic E-state index is 13.2. The van der Waals surface area contributed by atoms with Crippen LogP contribution in [0.4, 0.5) is 0 Å². The molecule has 3 rings (SSSR count). The Morgan fingerprint density at radius 3 is 2.58 bits per heavy atom. The Labute approximate surface area is 218 Å². The number of fused-ring (bicyclic) bond motifs is 1. The van der Waals surface area contributed by atoms with Gasteiger partial charge in [-0.05, 0) is 42.4 Å². The summed E-state index contributed by atoms with van der Waals surface area (Å²) in [6.45, 7) is 9.54. The van der Waals surface area contributed by atoms with Crippen molar-refractivity contribution in [3.05, 3.63) is 40.8 Å². The maximum Gasteiger partial charge on any atom is 0.243 e. The Morgan fingerprint density at radius 1 is 1.22 bits per heavy atom. The molecule has 198 valence electrons. The van der Waals surface area contributed by atoms with Gasteiger partial charge in [-0.3, -0.25) is 9.59 Å². The van der Waals surface area contributed by atoms with Crippen LogP contribution in [0.5, 0.6) is 0 Å². The molecule has 1 aliphatic rings. The average Bonchev–Trinajstić information content (AvgIpc) is 3.27. The molecule has 0 aliphatic heterocycles. The van der Waals surface area contributed by atoms with Crippen molar-refractivity contribution in [3.8, 4) is 0 Å². The molecule has 2 aromatic rings. The number of nitrogens with one attached hydrogen (secondary N) is 3. The summed E-state index contributed by atoms with van der Waals surface area (Å²) in [6, 6.07) is 4.95. The molecule has 3 N–H and O–H groups in total. The van der Waals surface area contributed by atoms with E-state index in [-0.39, 0.29) is 37.1 Å². The fourth-order valence-corrected chi connectivity index (χ4v) is 6.40. The number of rotatable bonds is 12. The third-order valence-corrected chi connectivity index (χ3v) is 8.84. The number of carbonyl (C=O) groups is 2. The highest BCUT2D eigenvalue weighted by Gasteiger charge is 2.29. The summed E-state index contributed by atoms with van der Waals surface area (Å²) in [7, 11) is -3.65. The van der Waals surface area contributed by atoms with Gasteiger partial charge >= 0.3 is 0 Å².